The van der Waals surface area contributed by atoms with Gasteiger partial charge in [0, 0.05) is 18.6 Å². The largest absolute Gasteiger partial charge is 0.335 e. The number of hydrogen-bond donors (Lipinski definition) is 0. The Kier molecular flexibility index (Phi) is 7.24. The summed E-state index contributed by atoms with van der Waals surface area (Å²) in [4.78, 5) is 33.0. The lowest BCUT2D eigenvalue weighted by molar-refractivity contribution is -0.132. The fourth-order valence-corrected chi connectivity index (χ4v) is 7.46. The summed E-state index contributed by atoms with van der Waals surface area (Å²) in [6.45, 7) is 2.64. The minimum Gasteiger partial charge on any atom is -0.335 e. The van der Waals surface area contributed by atoms with E-state index in [1.165, 1.54) is 11.8 Å². The molecular formula is C23H31N3O4S2. The number of fused-ring (bicyclic) bond motifs is 1. The number of amides is 1. The molecule has 1 amide bonds. The van der Waals surface area contributed by atoms with Crippen LogP contribution in [0.1, 0.15) is 51.9 Å². The van der Waals surface area contributed by atoms with Crippen LogP contribution < -0.4 is 5.56 Å². The molecule has 32 heavy (non-hydrogen) atoms. The van der Waals surface area contributed by atoms with Gasteiger partial charge in [-0.05, 0) is 37.8 Å². The van der Waals surface area contributed by atoms with E-state index in [0.717, 1.165) is 38.5 Å². The zero-order valence-corrected chi connectivity index (χ0v) is 20.2. The monoisotopic (exact) mass is 477 g/mol. The maximum Gasteiger partial charge on any atom is 0.262 e. The Morgan fingerprint density at radius 2 is 1.94 bits per heavy atom. The summed E-state index contributed by atoms with van der Waals surface area (Å²) in [7, 11) is -3.08. The normalized spacial score (nSPS) is 20.7. The predicted molar refractivity (Wildman–Crippen MR) is 128 cm³/mol. The van der Waals surface area contributed by atoms with Gasteiger partial charge < -0.3 is 4.90 Å². The molecule has 0 spiro atoms. The van der Waals surface area contributed by atoms with Gasteiger partial charge in [-0.15, -0.1) is 0 Å². The van der Waals surface area contributed by atoms with Crippen molar-refractivity contribution < 1.29 is 13.2 Å². The number of hydrogen-bond acceptors (Lipinski definition) is 6. The van der Waals surface area contributed by atoms with E-state index in [4.69, 9.17) is 4.98 Å². The number of benzene rings is 1. The summed E-state index contributed by atoms with van der Waals surface area (Å²) in [6.07, 6.45) is 6.34. The summed E-state index contributed by atoms with van der Waals surface area (Å²) in [5.41, 5.74) is 0.559. The molecule has 1 unspecified atom stereocenters. The van der Waals surface area contributed by atoms with E-state index in [0.29, 0.717) is 29.0 Å². The first-order chi connectivity index (χ1) is 15.4. The Morgan fingerprint density at radius 1 is 1.19 bits per heavy atom. The molecule has 2 aromatic rings. The van der Waals surface area contributed by atoms with Crippen molar-refractivity contribution in [2.75, 3.05) is 17.3 Å². The summed E-state index contributed by atoms with van der Waals surface area (Å²) in [6, 6.07) is 7.18. The zero-order valence-electron chi connectivity index (χ0n) is 18.5. The lowest BCUT2D eigenvalue weighted by atomic mass is 10.1. The van der Waals surface area contributed by atoms with E-state index in [1.54, 1.807) is 10.6 Å². The van der Waals surface area contributed by atoms with Gasteiger partial charge in [0.25, 0.3) is 5.56 Å². The van der Waals surface area contributed by atoms with E-state index in [-0.39, 0.29) is 40.8 Å². The Balaban J connectivity index is 1.58. The van der Waals surface area contributed by atoms with E-state index in [2.05, 4.69) is 6.92 Å². The van der Waals surface area contributed by atoms with Gasteiger partial charge in [0.15, 0.2) is 15.0 Å². The predicted octanol–water partition coefficient (Wildman–Crippen LogP) is 3.25. The molecule has 1 aliphatic heterocycles. The second-order valence-corrected chi connectivity index (χ2v) is 12.0. The first-order valence-corrected chi connectivity index (χ1v) is 14.3. The fourth-order valence-electron chi connectivity index (χ4n) is 4.85. The average molecular weight is 478 g/mol. The highest BCUT2D eigenvalue weighted by atomic mass is 32.2. The van der Waals surface area contributed by atoms with Crippen LogP contribution in [0, 0.1) is 0 Å². The van der Waals surface area contributed by atoms with Gasteiger partial charge in [0.1, 0.15) is 0 Å². The Morgan fingerprint density at radius 3 is 2.62 bits per heavy atom. The Bertz CT molecular complexity index is 1140. The van der Waals surface area contributed by atoms with Crippen LogP contribution >= 0.6 is 11.8 Å². The molecule has 174 valence electrons. The molecule has 1 aliphatic carbocycles. The van der Waals surface area contributed by atoms with Crippen LogP contribution in [0.3, 0.4) is 0 Å². The van der Waals surface area contributed by atoms with Gasteiger partial charge >= 0.3 is 0 Å². The Hall–Kier alpha value is -1.87. The van der Waals surface area contributed by atoms with Crippen molar-refractivity contribution in [3.05, 3.63) is 34.6 Å². The first-order valence-electron chi connectivity index (χ1n) is 11.5. The van der Waals surface area contributed by atoms with Crippen molar-refractivity contribution in [1.29, 1.82) is 0 Å². The number of thioether (sulfide) groups is 1. The van der Waals surface area contributed by atoms with Crippen LogP contribution in [0.15, 0.2) is 34.2 Å². The third-order valence-corrected chi connectivity index (χ3v) is 9.21. The van der Waals surface area contributed by atoms with Gasteiger partial charge in [-0.25, -0.2) is 13.4 Å². The smallest absolute Gasteiger partial charge is 0.262 e. The maximum absolute atomic E-state index is 13.4. The van der Waals surface area contributed by atoms with E-state index >= 15 is 0 Å². The van der Waals surface area contributed by atoms with Crippen LogP contribution in [-0.4, -0.2) is 58.1 Å². The molecule has 0 N–H and O–H groups in total. The van der Waals surface area contributed by atoms with Crippen LogP contribution in [0.2, 0.25) is 0 Å². The van der Waals surface area contributed by atoms with Crippen molar-refractivity contribution in [2.24, 2.45) is 0 Å². The van der Waals surface area contributed by atoms with Crippen molar-refractivity contribution in [2.45, 2.75) is 75.7 Å². The lowest BCUT2D eigenvalue weighted by Crippen LogP contribution is -2.47. The van der Waals surface area contributed by atoms with Gasteiger partial charge in [-0.2, -0.15) is 0 Å². The maximum atomic E-state index is 13.4. The van der Waals surface area contributed by atoms with Crippen molar-refractivity contribution >= 4 is 38.4 Å². The van der Waals surface area contributed by atoms with E-state index in [9.17, 15) is 18.0 Å². The molecule has 9 heteroatoms. The van der Waals surface area contributed by atoms with Crippen molar-refractivity contribution in [1.82, 2.24) is 14.5 Å². The van der Waals surface area contributed by atoms with E-state index in [1.807, 2.05) is 23.1 Å². The number of aromatic nitrogens is 2. The third kappa shape index (κ3) is 5.03. The quantitative estimate of drug-likeness (QED) is 0.428. The van der Waals surface area contributed by atoms with Crippen molar-refractivity contribution in [3.63, 3.8) is 0 Å². The highest BCUT2D eigenvalue weighted by Crippen LogP contribution is 2.30. The van der Waals surface area contributed by atoms with E-state index < -0.39 is 9.84 Å². The number of nitrogens with zero attached hydrogens (tertiary/aromatic N) is 3. The highest BCUT2D eigenvalue weighted by molar-refractivity contribution is 7.99. The van der Waals surface area contributed by atoms with Crippen LogP contribution in [0.4, 0.5) is 0 Å². The minimum atomic E-state index is -3.08. The van der Waals surface area contributed by atoms with Gasteiger partial charge in [-0.1, -0.05) is 50.1 Å². The van der Waals surface area contributed by atoms with Gasteiger partial charge in [-0.3, -0.25) is 14.2 Å². The molecule has 1 atom stereocenters. The topological polar surface area (TPSA) is 89.3 Å². The molecule has 0 bridgehead atoms. The summed E-state index contributed by atoms with van der Waals surface area (Å²) >= 11 is 1.29. The molecule has 2 heterocycles. The number of carbonyl (C=O) groups is 1. The molecule has 7 nitrogen and oxygen atoms in total. The number of unbranched alkanes of at least 4 members (excludes halogenated alkanes) is 1. The second-order valence-electron chi connectivity index (χ2n) is 8.81. The summed E-state index contributed by atoms with van der Waals surface area (Å²) in [5.74, 6) is 0.331. The van der Waals surface area contributed by atoms with Gasteiger partial charge in [0.2, 0.25) is 5.91 Å². The molecule has 1 saturated heterocycles. The SMILES string of the molecule is CCCCn1c(SCC(=O)N(C2CCCC2)C2CCS(=O)(=O)C2)nc2ccccc2c1=O. The molecule has 1 aromatic heterocycles. The summed E-state index contributed by atoms with van der Waals surface area (Å²) in [5, 5.41) is 1.14. The number of para-hydroxylation sites is 1. The standard InChI is InChI=1S/C23H31N3O4S2/c1-2-3-13-25-22(28)19-10-6-7-11-20(19)24-23(25)31-15-21(27)26(17-8-4-5-9-17)18-12-14-32(29,30)16-18/h6-7,10-11,17-18H,2-5,8-9,12-16H2,1H3. The molecule has 0 radical (unpaired) electrons. The second kappa shape index (κ2) is 9.95. The molecule has 2 aliphatic rings. The van der Waals surface area contributed by atoms with Crippen LogP contribution in [0.25, 0.3) is 10.9 Å². The van der Waals surface area contributed by atoms with Crippen molar-refractivity contribution in [3.8, 4) is 0 Å². The lowest BCUT2D eigenvalue weighted by Gasteiger charge is -2.34. The first kappa shape index (κ1) is 23.3. The molecule has 1 aromatic carbocycles. The third-order valence-electron chi connectivity index (χ3n) is 6.49. The molecule has 2 fully saturated rings. The zero-order chi connectivity index (χ0) is 22.7. The summed E-state index contributed by atoms with van der Waals surface area (Å²) < 4.78 is 25.8. The molecule has 4 rings (SSSR count). The number of sulfone groups is 1. The highest BCUT2D eigenvalue weighted by Gasteiger charge is 2.39. The Labute approximate surface area is 193 Å². The molecule has 1 saturated carbocycles. The molecular weight excluding hydrogens is 446 g/mol. The van der Waals surface area contributed by atoms with Crippen LogP contribution in [0.5, 0.6) is 0 Å². The number of rotatable bonds is 8. The van der Waals surface area contributed by atoms with Crippen LogP contribution in [-0.2, 0) is 21.2 Å². The fraction of sp³-hybridized carbons (Fsp3) is 0.609. The minimum absolute atomic E-state index is 0.0477. The van der Waals surface area contributed by atoms with Gasteiger partial charge in [0.05, 0.1) is 28.2 Å². The average Bonchev–Trinajstić information content (AvgIpc) is 3.42. The number of carbonyl (C=O) groups excluding carboxylic acids is 1.